The third kappa shape index (κ3) is 3.54. The molecule has 2 rings (SSSR count). The van der Waals surface area contributed by atoms with Crippen molar-refractivity contribution in [1.82, 2.24) is 15.4 Å². The van der Waals surface area contributed by atoms with Crippen LogP contribution in [0.5, 0.6) is 0 Å². The van der Waals surface area contributed by atoms with Crippen LogP contribution in [0.25, 0.3) is 10.8 Å². The molecular formula is C16H21N3O. The molecule has 2 aromatic rings. The Morgan fingerprint density at radius 3 is 2.60 bits per heavy atom. The standard InChI is InChI=1S/C16H21N3O/c1-3-9-19(10-4-2)18-16(20)14-6-5-13-7-8-17-12-15(13)11-14/h5-8,11-12H,3-4,9-10H2,1-2H3,(H,18,20). The van der Waals surface area contributed by atoms with E-state index in [-0.39, 0.29) is 5.91 Å². The Morgan fingerprint density at radius 2 is 1.90 bits per heavy atom. The molecule has 0 aliphatic heterocycles. The first-order valence-electron chi connectivity index (χ1n) is 7.14. The fourth-order valence-electron chi connectivity index (χ4n) is 2.20. The predicted molar refractivity (Wildman–Crippen MR) is 81.4 cm³/mol. The van der Waals surface area contributed by atoms with Crippen LogP contribution in [-0.4, -0.2) is 29.0 Å². The van der Waals surface area contributed by atoms with Gasteiger partial charge in [-0.3, -0.25) is 15.2 Å². The largest absolute Gasteiger partial charge is 0.285 e. The molecule has 0 aliphatic rings. The molecule has 0 radical (unpaired) electrons. The zero-order valence-electron chi connectivity index (χ0n) is 12.1. The number of hydrogen-bond donors (Lipinski definition) is 1. The van der Waals surface area contributed by atoms with Crippen LogP contribution >= 0.6 is 0 Å². The normalized spacial score (nSPS) is 10.9. The zero-order valence-corrected chi connectivity index (χ0v) is 12.1. The Hall–Kier alpha value is -1.94. The quantitative estimate of drug-likeness (QED) is 0.821. The summed E-state index contributed by atoms with van der Waals surface area (Å²) in [5.41, 5.74) is 3.64. The fraction of sp³-hybridized carbons (Fsp3) is 0.375. The lowest BCUT2D eigenvalue weighted by Gasteiger charge is -2.22. The summed E-state index contributed by atoms with van der Waals surface area (Å²) in [7, 11) is 0. The second-order valence-electron chi connectivity index (χ2n) is 4.87. The van der Waals surface area contributed by atoms with Gasteiger partial charge in [-0.2, -0.15) is 0 Å². The van der Waals surface area contributed by atoms with Gasteiger partial charge in [-0.1, -0.05) is 19.9 Å². The summed E-state index contributed by atoms with van der Waals surface area (Å²) in [6.07, 6.45) is 5.57. The van der Waals surface area contributed by atoms with Gasteiger partial charge in [0.2, 0.25) is 0 Å². The van der Waals surface area contributed by atoms with Crippen LogP contribution in [0.2, 0.25) is 0 Å². The van der Waals surface area contributed by atoms with Gasteiger partial charge in [-0.25, -0.2) is 5.01 Å². The molecular weight excluding hydrogens is 250 g/mol. The van der Waals surface area contributed by atoms with Crippen LogP contribution < -0.4 is 5.43 Å². The van der Waals surface area contributed by atoms with Crippen LogP contribution in [0, 0.1) is 0 Å². The second-order valence-corrected chi connectivity index (χ2v) is 4.87. The molecule has 0 saturated heterocycles. The van der Waals surface area contributed by atoms with Crippen LogP contribution in [0.3, 0.4) is 0 Å². The van der Waals surface area contributed by atoms with Crippen molar-refractivity contribution in [3.63, 3.8) is 0 Å². The van der Waals surface area contributed by atoms with Crippen LogP contribution in [0.15, 0.2) is 36.7 Å². The summed E-state index contributed by atoms with van der Waals surface area (Å²) < 4.78 is 0. The van der Waals surface area contributed by atoms with E-state index in [1.807, 2.05) is 29.3 Å². The molecule has 1 aromatic heterocycles. The van der Waals surface area contributed by atoms with E-state index in [1.54, 1.807) is 12.4 Å². The summed E-state index contributed by atoms with van der Waals surface area (Å²) >= 11 is 0. The highest BCUT2D eigenvalue weighted by atomic mass is 16.2. The summed E-state index contributed by atoms with van der Waals surface area (Å²) in [5.74, 6) is -0.0577. The molecule has 20 heavy (non-hydrogen) atoms. The smallest absolute Gasteiger partial charge is 0.265 e. The van der Waals surface area contributed by atoms with Crippen molar-refractivity contribution in [1.29, 1.82) is 0 Å². The maximum Gasteiger partial charge on any atom is 0.265 e. The number of benzene rings is 1. The third-order valence-corrected chi connectivity index (χ3v) is 3.15. The lowest BCUT2D eigenvalue weighted by atomic mass is 10.1. The van der Waals surface area contributed by atoms with Crippen molar-refractivity contribution in [3.8, 4) is 0 Å². The van der Waals surface area contributed by atoms with Crippen molar-refractivity contribution in [3.05, 3.63) is 42.2 Å². The van der Waals surface area contributed by atoms with Crippen LogP contribution in [0.1, 0.15) is 37.0 Å². The summed E-state index contributed by atoms with van der Waals surface area (Å²) in [6, 6.07) is 7.63. The topological polar surface area (TPSA) is 45.2 Å². The number of carbonyl (C=O) groups excluding carboxylic acids is 1. The molecule has 1 aromatic carbocycles. The highest BCUT2D eigenvalue weighted by molar-refractivity contribution is 5.98. The fourth-order valence-corrected chi connectivity index (χ4v) is 2.20. The van der Waals surface area contributed by atoms with Gasteiger partial charge in [-0.05, 0) is 36.4 Å². The SMILES string of the molecule is CCCN(CCC)NC(=O)c1ccc2ccncc2c1. The van der Waals surface area contributed by atoms with E-state index in [2.05, 4.69) is 24.3 Å². The lowest BCUT2D eigenvalue weighted by molar-refractivity contribution is 0.0788. The Kier molecular flexibility index (Phi) is 5.07. The summed E-state index contributed by atoms with van der Waals surface area (Å²) in [4.78, 5) is 16.4. The minimum atomic E-state index is -0.0577. The second kappa shape index (κ2) is 7.01. The van der Waals surface area contributed by atoms with Gasteiger partial charge in [0.15, 0.2) is 0 Å². The lowest BCUT2D eigenvalue weighted by Crippen LogP contribution is -2.43. The zero-order chi connectivity index (χ0) is 14.4. The molecule has 0 saturated carbocycles. The molecule has 0 bridgehead atoms. The van der Waals surface area contributed by atoms with Gasteiger partial charge in [-0.15, -0.1) is 0 Å². The van der Waals surface area contributed by atoms with E-state index >= 15 is 0 Å². The molecule has 1 heterocycles. The van der Waals surface area contributed by atoms with E-state index in [0.29, 0.717) is 5.56 Å². The molecule has 0 aliphatic carbocycles. The number of hydrazine groups is 1. The van der Waals surface area contributed by atoms with Crippen LogP contribution in [0.4, 0.5) is 0 Å². The number of amides is 1. The number of nitrogens with one attached hydrogen (secondary N) is 1. The minimum Gasteiger partial charge on any atom is -0.285 e. The molecule has 0 spiro atoms. The maximum atomic E-state index is 12.3. The average molecular weight is 271 g/mol. The summed E-state index contributed by atoms with van der Waals surface area (Å²) in [6.45, 7) is 5.95. The van der Waals surface area contributed by atoms with Gasteiger partial charge in [0.1, 0.15) is 0 Å². The van der Waals surface area contributed by atoms with E-state index < -0.39 is 0 Å². The molecule has 1 N–H and O–H groups in total. The molecule has 0 fully saturated rings. The van der Waals surface area contributed by atoms with Crippen molar-refractivity contribution in [2.75, 3.05) is 13.1 Å². The first-order chi connectivity index (χ1) is 9.74. The van der Waals surface area contributed by atoms with E-state index in [4.69, 9.17) is 0 Å². The third-order valence-electron chi connectivity index (χ3n) is 3.15. The molecule has 0 atom stereocenters. The maximum absolute atomic E-state index is 12.3. The van der Waals surface area contributed by atoms with Gasteiger partial charge in [0, 0.05) is 36.4 Å². The average Bonchev–Trinajstić information content (AvgIpc) is 2.47. The number of aromatic nitrogens is 1. The highest BCUT2D eigenvalue weighted by Crippen LogP contribution is 2.14. The monoisotopic (exact) mass is 271 g/mol. The highest BCUT2D eigenvalue weighted by Gasteiger charge is 2.10. The van der Waals surface area contributed by atoms with Crippen molar-refractivity contribution < 1.29 is 4.79 Å². The summed E-state index contributed by atoms with van der Waals surface area (Å²) in [5, 5.41) is 4.06. The Labute approximate surface area is 119 Å². The number of pyridine rings is 1. The number of nitrogens with zero attached hydrogens (tertiary/aromatic N) is 2. The molecule has 1 amide bonds. The van der Waals surface area contributed by atoms with Gasteiger partial charge in [0.25, 0.3) is 5.91 Å². The number of carbonyl (C=O) groups is 1. The van der Waals surface area contributed by atoms with E-state index in [9.17, 15) is 4.79 Å². The molecule has 106 valence electrons. The molecule has 4 nitrogen and oxygen atoms in total. The number of rotatable bonds is 6. The predicted octanol–water partition coefficient (Wildman–Crippen LogP) is 3.00. The Morgan fingerprint density at radius 1 is 1.15 bits per heavy atom. The van der Waals surface area contributed by atoms with Gasteiger partial charge >= 0.3 is 0 Å². The van der Waals surface area contributed by atoms with Crippen molar-refractivity contribution in [2.45, 2.75) is 26.7 Å². The van der Waals surface area contributed by atoms with Crippen molar-refractivity contribution in [2.24, 2.45) is 0 Å². The van der Waals surface area contributed by atoms with Gasteiger partial charge in [0.05, 0.1) is 0 Å². The molecule has 4 heteroatoms. The van der Waals surface area contributed by atoms with Crippen molar-refractivity contribution >= 4 is 16.7 Å². The Balaban J connectivity index is 2.13. The van der Waals surface area contributed by atoms with E-state index in [0.717, 1.165) is 36.7 Å². The van der Waals surface area contributed by atoms with E-state index in [1.165, 1.54) is 0 Å². The Bertz CT molecular complexity index is 577. The minimum absolute atomic E-state index is 0.0577. The number of fused-ring (bicyclic) bond motifs is 1. The number of hydrogen-bond acceptors (Lipinski definition) is 3. The van der Waals surface area contributed by atoms with Crippen LogP contribution in [-0.2, 0) is 0 Å². The first-order valence-corrected chi connectivity index (χ1v) is 7.14. The first kappa shape index (κ1) is 14.5. The molecule has 0 unspecified atom stereocenters. The van der Waals surface area contributed by atoms with Gasteiger partial charge < -0.3 is 0 Å².